The smallest absolute Gasteiger partial charge is 0.256 e. The molecule has 0 aliphatic carbocycles. The Hall–Kier alpha value is -2.27. The van der Waals surface area contributed by atoms with E-state index in [1.165, 1.54) is 0 Å². The molecule has 0 aromatic heterocycles. The predicted molar refractivity (Wildman–Crippen MR) is 90.3 cm³/mol. The van der Waals surface area contributed by atoms with E-state index >= 15 is 0 Å². The molecule has 2 amide bonds. The molecule has 2 aromatic carbocycles. The molecular weight excluding hydrogens is 296 g/mol. The van der Waals surface area contributed by atoms with Gasteiger partial charge in [-0.15, -0.1) is 11.8 Å². The van der Waals surface area contributed by atoms with Crippen LogP contribution in [0.15, 0.2) is 53.4 Å². The molecule has 0 fully saturated rings. The zero-order chi connectivity index (χ0) is 16.1. The third kappa shape index (κ3) is 3.89. The summed E-state index contributed by atoms with van der Waals surface area (Å²) in [7, 11) is 0. The molecule has 2 rings (SSSR count). The van der Waals surface area contributed by atoms with E-state index in [-0.39, 0.29) is 5.91 Å². The third-order valence-electron chi connectivity index (χ3n) is 2.94. The molecule has 0 bridgehead atoms. The quantitative estimate of drug-likeness (QED) is 0.829. The average Bonchev–Trinajstić information content (AvgIpc) is 2.47. The van der Waals surface area contributed by atoms with Crippen LogP contribution in [0, 0.1) is 0 Å². The Morgan fingerprint density at radius 3 is 2.23 bits per heavy atom. The number of hydrogen-bond acceptors (Lipinski definition) is 3. The first kappa shape index (κ1) is 16.1. The van der Waals surface area contributed by atoms with Crippen LogP contribution in [0.5, 0.6) is 0 Å². The SMILES string of the molecule is CC(C)Sc1ccccc1C(=O)Nc1ccccc1C(N)=O. The Bertz CT molecular complexity index is 699. The Kier molecular flexibility index (Phi) is 5.22. The molecule has 0 radical (unpaired) electrons. The first-order valence-electron chi connectivity index (χ1n) is 6.95. The van der Waals surface area contributed by atoms with Crippen LogP contribution in [0.3, 0.4) is 0 Å². The van der Waals surface area contributed by atoms with Crippen LogP contribution in [-0.2, 0) is 0 Å². The number of rotatable bonds is 5. The number of primary amides is 1. The number of thioether (sulfide) groups is 1. The summed E-state index contributed by atoms with van der Waals surface area (Å²) in [5.41, 5.74) is 6.63. The molecule has 0 aliphatic rings. The monoisotopic (exact) mass is 314 g/mol. The topological polar surface area (TPSA) is 72.2 Å². The second kappa shape index (κ2) is 7.13. The summed E-state index contributed by atoms with van der Waals surface area (Å²) in [6.07, 6.45) is 0. The van der Waals surface area contributed by atoms with E-state index in [2.05, 4.69) is 19.2 Å². The van der Waals surface area contributed by atoms with Crippen LogP contribution in [0.4, 0.5) is 5.69 Å². The van der Waals surface area contributed by atoms with Crippen molar-refractivity contribution in [3.8, 4) is 0 Å². The minimum Gasteiger partial charge on any atom is -0.366 e. The minimum atomic E-state index is -0.569. The van der Waals surface area contributed by atoms with Gasteiger partial charge in [-0.05, 0) is 24.3 Å². The summed E-state index contributed by atoms with van der Waals surface area (Å²) in [6.45, 7) is 4.14. The fourth-order valence-corrected chi connectivity index (χ4v) is 2.96. The maximum atomic E-state index is 12.5. The summed E-state index contributed by atoms with van der Waals surface area (Å²) >= 11 is 1.62. The lowest BCUT2D eigenvalue weighted by Crippen LogP contribution is -2.18. The maximum absolute atomic E-state index is 12.5. The van der Waals surface area contributed by atoms with Gasteiger partial charge in [0.1, 0.15) is 0 Å². The molecule has 0 aliphatic heterocycles. The van der Waals surface area contributed by atoms with Gasteiger partial charge in [0, 0.05) is 10.1 Å². The molecule has 22 heavy (non-hydrogen) atoms. The number of carbonyl (C=O) groups is 2. The number of amides is 2. The van der Waals surface area contributed by atoms with Crippen LogP contribution in [-0.4, -0.2) is 17.1 Å². The Morgan fingerprint density at radius 2 is 1.59 bits per heavy atom. The molecule has 0 unspecified atom stereocenters. The van der Waals surface area contributed by atoms with Crippen molar-refractivity contribution in [2.75, 3.05) is 5.32 Å². The van der Waals surface area contributed by atoms with Crippen LogP contribution >= 0.6 is 11.8 Å². The molecule has 2 aromatic rings. The highest BCUT2D eigenvalue weighted by molar-refractivity contribution is 8.00. The summed E-state index contributed by atoms with van der Waals surface area (Å²) in [4.78, 5) is 24.8. The van der Waals surface area contributed by atoms with Crippen LogP contribution < -0.4 is 11.1 Å². The van der Waals surface area contributed by atoms with Crippen molar-refractivity contribution in [3.05, 3.63) is 59.7 Å². The van der Waals surface area contributed by atoms with Crippen LogP contribution in [0.2, 0.25) is 0 Å². The van der Waals surface area contributed by atoms with Gasteiger partial charge in [0.2, 0.25) is 0 Å². The molecule has 0 saturated carbocycles. The standard InChI is InChI=1S/C17H18N2O2S/c1-11(2)22-15-10-6-4-8-13(15)17(21)19-14-9-5-3-7-12(14)16(18)20/h3-11H,1-2H3,(H2,18,20)(H,19,21). The van der Waals surface area contributed by atoms with Crippen molar-refractivity contribution in [1.29, 1.82) is 0 Å². The molecular formula is C17H18N2O2S. The first-order valence-corrected chi connectivity index (χ1v) is 7.83. The largest absolute Gasteiger partial charge is 0.366 e. The van der Waals surface area contributed by atoms with Crippen molar-refractivity contribution in [1.82, 2.24) is 0 Å². The van der Waals surface area contributed by atoms with Crippen molar-refractivity contribution in [3.63, 3.8) is 0 Å². The lowest BCUT2D eigenvalue weighted by molar-refractivity contribution is 0.100. The number of nitrogens with two attached hydrogens (primary N) is 1. The molecule has 0 saturated heterocycles. The molecule has 114 valence electrons. The number of anilines is 1. The van der Waals surface area contributed by atoms with E-state index in [0.717, 1.165) is 4.90 Å². The minimum absolute atomic E-state index is 0.252. The van der Waals surface area contributed by atoms with Crippen molar-refractivity contribution in [2.24, 2.45) is 5.73 Å². The first-order chi connectivity index (χ1) is 10.5. The highest BCUT2D eigenvalue weighted by Crippen LogP contribution is 2.27. The van der Waals surface area contributed by atoms with Gasteiger partial charge in [0.15, 0.2) is 0 Å². The van der Waals surface area contributed by atoms with Crippen molar-refractivity contribution < 1.29 is 9.59 Å². The number of hydrogen-bond donors (Lipinski definition) is 2. The van der Waals surface area contributed by atoms with Gasteiger partial charge in [-0.1, -0.05) is 38.1 Å². The third-order valence-corrected chi connectivity index (χ3v) is 4.02. The molecule has 3 N–H and O–H groups in total. The Morgan fingerprint density at radius 1 is 1.00 bits per heavy atom. The van der Waals surface area contributed by atoms with Crippen LogP contribution in [0.1, 0.15) is 34.6 Å². The Balaban J connectivity index is 2.29. The zero-order valence-corrected chi connectivity index (χ0v) is 13.3. The lowest BCUT2D eigenvalue weighted by Gasteiger charge is -2.12. The van der Waals surface area contributed by atoms with E-state index < -0.39 is 5.91 Å². The second-order valence-corrected chi connectivity index (χ2v) is 6.65. The molecule has 0 atom stereocenters. The van der Waals surface area contributed by atoms with Gasteiger partial charge in [0.25, 0.3) is 11.8 Å². The van der Waals surface area contributed by atoms with Gasteiger partial charge < -0.3 is 11.1 Å². The summed E-state index contributed by atoms with van der Waals surface area (Å²) in [5, 5.41) is 3.14. The molecule has 0 spiro atoms. The van der Waals surface area contributed by atoms with E-state index in [1.54, 1.807) is 42.1 Å². The highest BCUT2D eigenvalue weighted by Gasteiger charge is 2.15. The fraction of sp³-hybridized carbons (Fsp3) is 0.176. The fourth-order valence-electron chi connectivity index (χ4n) is 2.01. The number of benzene rings is 2. The van der Waals surface area contributed by atoms with Crippen molar-refractivity contribution >= 4 is 29.3 Å². The highest BCUT2D eigenvalue weighted by atomic mass is 32.2. The summed E-state index contributed by atoms with van der Waals surface area (Å²) in [6, 6.07) is 14.1. The van der Waals surface area contributed by atoms with Crippen molar-refractivity contribution in [2.45, 2.75) is 24.0 Å². The summed E-state index contributed by atoms with van der Waals surface area (Å²) in [5.74, 6) is -0.821. The van der Waals surface area contributed by atoms with E-state index in [1.807, 2.05) is 18.2 Å². The second-order valence-electron chi connectivity index (χ2n) is 5.03. The van der Waals surface area contributed by atoms with Gasteiger partial charge in [-0.3, -0.25) is 9.59 Å². The Labute approximate surface area is 134 Å². The molecule has 0 heterocycles. The normalized spacial score (nSPS) is 10.5. The van der Waals surface area contributed by atoms with E-state index in [4.69, 9.17) is 5.73 Å². The van der Waals surface area contributed by atoms with Crippen LogP contribution in [0.25, 0.3) is 0 Å². The van der Waals surface area contributed by atoms with Gasteiger partial charge in [-0.2, -0.15) is 0 Å². The lowest BCUT2D eigenvalue weighted by atomic mass is 10.1. The summed E-state index contributed by atoms with van der Waals surface area (Å²) < 4.78 is 0. The van der Waals surface area contributed by atoms with Gasteiger partial charge in [0.05, 0.1) is 16.8 Å². The van der Waals surface area contributed by atoms with Gasteiger partial charge >= 0.3 is 0 Å². The molecule has 4 nitrogen and oxygen atoms in total. The predicted octanol–water partition coefficient (Wildman–Crippen LogP) is 3.54. The maximum Gasteiger partial charge on any atom is 0.256 e. The van der Waals surface area contributed by atoms with E-state index in [0.29, 0.717) is 22.1 Å². The zero-order valence-electron chi connectivity index (χ0n) is 12.5. The van der Waals surface area contributed by atoms with Gasteiger partial charge in [-0.25, -0.2) is 0 Å². The average molecular weight is 314 g/mol. The van der Waals surface area contributed by atoms with E-state index in [9.17, 15) is 9.59 Å². The number of carbonyl (C=O) groups excluding carboxylic acids is 2. The molecule has 5 heteroatoms. The number of para-hydroxylation sites is 1. The number of nitrogens with one attached hydrogen (secondary N) is 1.